The summed E-state index contributed by atoms with van der Waals surface area (Å²) >= 11 is 0. The molecular weight excluding hydrogens is 332 g/mol. The van der Waals surface area contributed by atoms with Crippen LogP contribution in [0.1, 0.15) is 30.4 Å². The SMILES string of the molecule is COC(=O)C1CCN(C(=O)[C@H]2CC(=O)N(c3ccc(C)c(C)c3)C2)CC1. The highest BCUT2D eigenvalue weighted by Crippen LogP contribution is 2.29. The first kappa shape index (κ1) is 18.4. The van der Waals surface area contributed by atoms with Gasteiger partial charge in [-0.05, 0) is 49.9 Å². The minimum absolute atomic E-state index is 0.00366. The number of hydrogen-bond acceptors (Lipinski definition) is 4. The van der Waals surface area contributed by atoms with Crippen molar-refractivity contribution in [3.8, 4) is 0 Å². The summed E-state index contributed by atoms with van der Waals surface area (Å²) in [5.41, 5.74) is 3.18. The van der Waals surface area contributed by atoms with Crippen LogP contribution < -0.4 is 4.90 Å². The van der Waals surface area contributed by atoms with E-state index in [0.29, 0.717) is 32.5 Å². The van der Waals surface area contributed by atoms with Gasteiger partial charge in [0.1, 0.15) is 0 Å². The predicted octanol–water partition coefficient (Wildman–Crippen LogP) is 2.07. The molecule has 1 aromatic rings. The first-order valence-corrected chi connectivity index (χ1v) is 9.15. The van der Waals surface area contributed by atoms with Crippen LogP contribution in [0.15, 0.2) is 18.2 Å². The van der Waals surface area contributed by atoms with Crippen molar-refractivity contribution >= 4 is 23.5 Å². The Labute approximate surface area is 154 Å². The van der Waals surface area contributed by atoms with E-state index in [4.69, 9.17) is 4.74 Å². The number of aryl methyl sites for hydroxylation is 2. The fourth-order valence-corrected chi connectivity index (χ4v) is 3.78. The molecule has 0 spiro atoms. The number of hydrogen-bond donors (Lipinski definition) is 0. The largest absolute Gasteiger partial charge is 0.469 e. The molecule has 0 aliphatic carbocycles. The molecule has 6 heteroatoms. The molecule has 0 bridgehead atoms. The smallest absolute Gasteiger partial charge is 0.308 e. The van der Waals surface area contributed by atoms with Gasteiger partial charge in [-0.25, -0.2) is 0 Å². The molecule has 0 saturated carbocycles. The molecule has 0 radical (unpaired) electrons. The van der Waals surface area contributed by atoms with E-state index in [2.05, 4.69) is 0 Å². The highest BCUT2D eigenvalue weighted by Gasteiger charge is 2.38. The van der Waals surface area contributed by atoms with E-state index in [9.17, 15) is 14.4 Å². The van der Waals surface area contributed by atoms with Crippen LogP contribution in [0.3, 0.4) is 0 Å². The van der Waals surface area contributed by atoms with Gasteiger partial charge in [0.25, 0.3) is 0 Å². The number of anilines is 1. The summed E-state index contributed by atoms with van der Waals surface area (Å²) in [4.78, 5) is 40.4. The minimum Gasteiger partial charge on any atom is -0.469 e. The minimum atomic E-state index is -0.307. The van der Waals surface area contributed by atoms with Crippen molar-refractivity contribution in [2.75, 3.05) is 31.6 Å². The summed E-state index contributed by atoms with van der Waals surface area (Å²) in [5, 5.41) is 0. The second-order valence-corrected chi connectivity index (χ2v) is 7.30. The lowest BCUT2D eigenvalue weighted by Crippen LogP contribution is -2.43. The number of amides is 2. The molecule has 26 heavy (non-hydrogen) atoms. The van der Waals surface area contributed by atoms with Gasteiger partial charge in [0, 0.05) is 31.7 Å². The maximum atomic E-state index is 12.8. The van der Waals surface area contributed by atoms with Crippen LogP contribution in [0.4, 0.5) is 5.69 Å². The van der Waals surface area contributed by atoms with E-state index in [-0.39, 0.29) is 36.0 Å². The van der Waals surface area contributed by atoms with E-state index in [1.54, 1.807) is 9.80 Å². The second kappa shape index (κ2) is 7.48. The van der Waals surface area contributed by atoms with Crippen LogP contribution in [0.5, 0.6) is 0 Å². The summed E-state index contributed by atoms with van der Waals surface area (Å²) in [7, 11) is 1.39. The molecule has 3 rings (SSSR count). The lowest BCUT2D eigenvalue weighted by molar-refractivity contribution is -0.149. The maximum Gasteiger partial charge on any atom is 0.308 e. The molecule has 0 aromatic heterocycles. The quantitative estimate of drug-likeness (QED) is 0.776. The fourth-order valence-electron chi connectivity index (χ4n) is 3.78. The lowest BCUT2D eigenvalue weighted by atomic mass is 9.95. The molecular formula is C20H26N2O4. The van der Waals surface area contributed by atoms with Gasteiger partial charge in [0.05, 0.1) is 18.9 Å². The van der Waals surface area contributed by atoms with Crippen molar-refractivity contribution in [2.24, 2.45) is 11.8 Å². The molecule has 2 heterocycles. The third-order valence-electron chi connectivity index (χ3n) is 5.62. The number of carbonyl (C=O) groups excluding carboxylic acids is 3. The van der Waals surface area contributed by atoms with Gasteiger partial charge in [-0.15, -0.1) is 0 Å². The Bertz CT molecular complexity index is 723. The van der Waals surface area contributed by atoms with E-state index < -0.39 is 0 Å². The zero-order chi connectivity index (χ0) is 18.8. The van der Waals surface area contributed by atoms with Crippen molar-refractivity contribution in [1.82, 2.24) is 4.90 Å². The lowest BCUT2D eigenvalue weighted by Gasteiger charge is -2.32. The predicted molar refractivity (Wildman–Crippen MR) is 97.7 cm³/mol. The first-order chi connectivity index (χ1) is 12.4. The Morgan fingerprint density at radius 2 is 1.77 bits per heavy atom. The van der Waals surface area contributed by atoms with Crippen LogP contribution in [-0.4, -0.2) is 49.4 Å². The zero-order valence-corrected chi connectivity index (χ0v) is 15.7. The monoisotopic (exact) mass is 358 g/mol. The molecule has 2 amide bonds. The molecule has 1 aromatic carbocycles. The van der Waals surface area contributed by atoms with Gasteiger partial charge < -0.3 is 14.5 Å². The Morgan fingerprint density at radius 3 is 2.38 bits per heavy atom. The average Bonchev–Trinajstić information content (AvgIpc) is 3.04. The number of piperidine rings is 1. The number of esters is 1. The number of carbonyl (C=O) groups is 3. The van der Waals surface area contributed by atoms with Crippen LogP contribution in [0.25, 0.3) is 0 Å². The summed E-state index contributed by atoms with van der Waals surface area (Å²) in [6.07, 6.45) is 1.50. The molecule has 2 saturated heterocycles. The van der Waals surface area contributed by atoms with Gasteiger partial charge in [-0.2, -0.15) is 0 Å². The molecule has 6 nitrogen and oxygen atoms in total. The van der Waals surface area contributed by atoms with Gasteiger partial charge in [0.2, 0.25) is 11.8 Å². The van der Waals surface area contributed by atoms with E-state index in [0.717, 1.165) is 11.3 Å². The summed E-state index contributed by atoms with van der Waals surface area (Å²) < 4.78 is 4.79. The number of methoxy groups -OCH3 is 1. The standard InChI is InChI=1S/C20H26N2O4/c1-13-4-5-17(10-14(13)2)22-12-16(11-18(22)23)19(24)21-8-6-15(7-9-21)20(25)26-3/h4-5,10,15-16H,6-9,11-12H2,1-3H3/t16-/m0/s1. The van der Waals surface area contributed by atoms with Crippen molar-refractivity contribution < 1.29 is 19.1 Å². The zero-order valence-electron chi connectivity index (χ0n) is 15.7. The first-order valence-electron chi connectivity index (χ1n) is 9.15. The molecule has 0 unspecified atom stereocenters. The summed E-state index contributed by atoms with van der Waals surface area (Å²) in [6.45, 7) is 5.58. The van der Waals surface area contributed by atoms with Crippen molar-refractivity contribution in [3.63, 3.8) is 0 Å². The van der Waals surface area contributed by atoms with E-state index in [1.165, 1.54) is 12.7 Å². The Balaban J connectivity index is 1.62. The molecule has 140 valence electrons. The highest BCUT2D eigenvalue weighted by molar-refractivity contribution is 6.00. The third-order valence-corrected chi connectivity index (χ3v) is 5.62. The van der Waals surface area contributed by atoms with Crippen LogP contribution >= 0.6 is 0 Å². The molecule has 0 N–H and O–H groups in total. The molecule has 2 aliphatic heterocycles. The molecule has 2 aliphatic rings. The van der Waals surface area contributed by atoms with Crippen molar-refractivity contribution in [3.05, 3.63) is 29.3 Å². The number of likely N-dealkylation sites (tertiary alicyclic amines) is 1. The maximum absolute atomic E-state index is 12.8. The van der Waals surface area contributed by atoms with E-state index in [1.807, 2.05) is 32.0 Å². The Morgan fingerprint density at radius 1 is 1.08 bits per heavy atom. The van der Waals surface area contributed by atoms with Gasteiger partial charge in [-0.1, -0.05) is 6.07 Å². The molecule has 1 atom stereocenters. The topological polar surface area (TPSA) is 66.9 Å². The van der Waals surface area contributed by atoms with E-state index >= 15 is 0 Å². The summed E-state index contributed by atoms with van der Waals surface area (Å²) in [5.74, 6) is -0.613. The van der Waals surface area contributed by atoms with Gasteiger partial charge in [0.15, 0.2) is 0 Å². The van der Waals surface area contributed by atoms with Crippen LogP contribution in [0.2, 0.25) is 0 Å². The van der Waals surface area contributed by atoms with Crippen molar-refractivity contribution in [2.45, 2.75) is 33.1 Å². The Hall–Kier alpha value is -2.37. The van der Waals surface area contributed by atoms with Gasteiger partial charge in [-0.3, -0.25) is 14.4 Å². The van der Waals surface area contributed by atoms with Crippen LogP contribution in [0, 0.1) is 25.7 Å². The highest BCUT2D eigenvalue weighted by atomic mass is 16.5. The number of ether oxygens (including phenoxy) is 1. The van der Waals surface area contributed by atoms with Gasteiger partial charge >= 0.3 is 5.97 Å². The second-order valence-electron chi connectivity index (χ2n) is 7.30. The molecule has 2 fully saturated rings. The van der Waals surface area contributed by atoms with Crippen LogP contribution in [-0.2, 0) is 19.1 Å². The Kier molecular flexibility index (Phi) is 5.30. The summed E-state index contributed by atoms with van der Waals surface area (Å²) in [6, 6.07) is 5.95. The number of nitrogens with zero attached hydrogens (tertiary/aromatic N) is 2. The van der Waals surface area contributed by atoms with Crippen molar-refractivity contribution in [1.29, 1.82) is 0 Å². The fraction of sp³-hybridized carbons (Fsp3) is 0.550. The number of rotatable bonds is 3. The average molecular weight is 358 g/mol. The third kappa shape index (κ3) is 3.59. The normalized spacial score (nSPS) is 21.2. The number of benzene rings is 1.